The summed E-state index contributed by atoms with van der Waals surface area (Å²) in [5.74, 6) is 0. The average Bonchev–Trinajstić information content (AvgIpc) is 2.16. The summed E-state index contributed by atoms with van der Waals surface area (Å²) in [4.78, 5) is 0. The van der Waals surface area contributed by atoms with Gasteiger partial charge in [-0.05, 0) is 10.8 Å². The van der Waals surface area contributed by atoms with Gasteiger partial charge < -0.3 is 0 Å². The van der Waals surface area contributed by atoms with Crippen LogP contribution >= 0.6 is 0 Å². The molecule has 0 heterocycles. The zero-order chi connectivity index (χ0) is 11.3. The maximum absolute atomic E-state index is 8.74. The molecule has 2 aromatic carbocycles. The van der Waals surface area contributed by atoms with Crippen molar-refractivity contribution in [2.24, 2.45) is 0 Å². The van der Waals surface area contributed by atoms with Crippen LogP contribution in [-0.2, 0) is 10.4 Å². The van der Waals surface area contributed by atoms with Crippen molar-refractivity contribution < 1.29 is 17.5 Å². The van der Waals surface area contributed by atoms with Crippen LogP contribution in [-0.4, -0.2) is 47.1 Å². The van der Waals surface area contributed by atoms with Crippen LogP contribution < -0.4 is 0 Å². The van der Waals surface area contributed by atoms with Gasteiger partial charge in [0.05, 0.1) is 0 Å². The number of hydrogen-bond donors (Lipinski definition) is 2. The second-order valence-electron chi connectivity index (χ2n) is 2.79. The summed E-state index contributed by atoms with van der Waals surface area (Å²) in [5, 5.41) is 2.62. The molecule has 0 unspecified atom stereocenters. The minimum atomic E-state index is -4.67. The molecule has 0 aromatic heterocycles. The Bertz CT molecular complexity index is 466. The molecule has 2 rings (SSSR count). The average molecular weight is 250 g/mol. The molecule has 0 amide bonds. The zero-order valence-corrected chi connectivity index (χ0v) is 8.55. The Morgan fingerprint density at radius 2 is 0.938 bits per heavy atom. The van der Waals surface area contributed by atoms with E-state index in [0.717, 1.165) is 0 Å². The third-order valence-electron chi connectivity index (χ3n) is 1.66. The Labute approximate surface area is 116 Å². The van der Waals surface area contributed by atoms with Gasteiger partial charge in [-0.1, -0.05) is 48.5 Å². The third-order valence-corrected chi connectivity index (χ3v) is 1.66. The van der Waals surface area contributed by atoms with E-state index in [2.05, 4.69) is 48.5 Å². The van der Waals surface area contributed by atoms with E-state index in [4.69, 9.17) is 17.5 Å². The van der Waals surface area contributed by atoms with Crippen molar-refractivity contribution in [2.45, 2.75) is 0 Å². The Balaban J connectivity index is 0.000000330. The van der Waals surface area contributed by atoms with Crippen molar-refractivity contribution in [1.29, 1.82) is 0 Å². The molecule has 0 atom stereocenters. The van der Waals surface area contributed by atoms with Gasteiger partial charge in [-0.2, -0.15) is 8.42 Å². The molecule has 0 aliphatic carbocycles. The normalized spacial score (nSPS) is 9.88. The van der Waals surface area contributed by atoms with Gasteiger partial charge in [0.1, 0.15) is 0 Å². The fourth-order valence-electron chi connectivity index (χ4n) is 1.13. The van der Waals surface area contributed by atoms with Crippen LogP contribution in [0.1, 0.15) is 0 Å². The quantitative estimate of drug-likeness (QED) is 0.549. The van der Waals surface area contributed by atoms with Crippen molar-refractivity contribution in [3.05, 3.63) is 48.5 Å². The van der Waals surface area contributed by atoms with Crippen LogP contribution in [0, 0.1) is 0 Å². The van der Waals surface area contributed by atoms with Crippen molar-refractivity contribution in [2.75, 3.05) is 0 Å². The molecule has 16 heavy (non-hydrogen) atoms. The summed E-state index contributed by atoms with van der Waals surface area (Å²) < 4.78 is 31.6. The summed E-state index contributed by atoms with van der Waals surface area (Å²) in [6.07, 6.45) is 0. The molecular weight excluding hydrogens is 239 g/mol. The van der Waals surface area contributed by atoms with Crippen molar-refractivity contribution in [1.82, 2.24) is 0 Å². The van der Waals surface area contributed by atoms with Crippen LogP contribution in [0.2, 0.25) is 0 Å². The number of hydrogen-bond acceptors (Lipinski definition) is 2. The molecule has 2 N–H and O–H groups in total. The summed E-state index contributed by atoms with van der Waals surface area (Å²) in [7, 11) is -4.67. The molecule has 0 bridgehead atoms. The zero-order valence-electron chi connectivity index (χ0n) is 7.74. The van der Waals surface area contributed by atoms with Crippen LogP contribution in [0.3, 0.4) is 0 Å². The van der Waals surface area contributed by atoms with Crippen molar-refractivity contribution in [3.8, 4) is 0 Å². The van der Waals surface area contributed by atoms with E-state index in [0.29, 0.717) is 0 Å². The van der Waals surface area contributed by atoms with Crippen LogP contribution in [0.5, 0.6) is 0 Å². The first-order valence-corrected chi connectivity index (χ1v) is 5.50. The monoisotopic (exact) mass is 250 g/mol. The molecule has 0 fully saturated rings. The molecule has 82 valence electrons. The molecule has 0 aliphatic rings. The molecule has 0 spiro atoms. The van der Waals surface area contributed by atoms with Crippen molar-refractivity contribution >= 4 is 50.7 Å². The smallest absolute Gasteiger partial charge is 0.0184 e. The van der Waals surface area contributed by atoms with E-state index < -0.39 is 10.4 Å². The second kappa shape index (κ2) is 7.01. The largest absolute Gasteiger partial charge is 0.0616 e. The van der Waals surface area contributed by atoms with E-state index in [-0.39, 0.29) is 29.6 Å². The first-order valence-electron chi connectivity index (χ1n) is 4.10. The van der Waals surface area contributed by atoms with Gasteiger partial charge in [0.2, 0.25) is 0 Å². The minimum Gasteiger partial charge on any atom is -0.0616 e. The third kappa shape index (κ3) is 6.95. The molecular formula is C10H11NaO4S. The van der Waals surface area contributed by atoms with Gasteiger partial charge in [0, 0.05) is 0 Å². The van der Waals surface area contributed by atoms with Gasteiger partial charge in [0.15, 0.2) is 0 Å². The molecule has 2 aromatic rings. The predicted octanol–water partition coefficient (Wildman–Crippen LogP) is 1.54. The Morgan fingerprint density at radius 3 is 1.12 bits per heavy atom. The fourth-order valence-corrected chi connectivity index (χ4v) is 1.13. The van der Waals surface area contributed by atoms with E-state index in [9.17, 15) is 0 Å². The first kappa shape index (κ1) is 15.6. The Kier molecular flexibility index (Phi) is 6.82. The van der Waals surface area contributed by atoms with Crippen molar-refractivity contribution in [3.63, 3.8) is 0 Å². The Hall–Kier alpha value is -0.430. The van der Waals surface area contributed by atoms with E-state index in [1.54, 1.807) is 0 Å². The fraction of sp³-hybridized carbons (Fsp3) is 0. The topological polar surface area (TPSA) is 74.6 Å². The maximum Gasteiger partial charge on any atom is -0.0184 e. The van der Waals surface area contributed by atoms with Gasteiger partial charge >= 0.3 is 40.0 Å². The van der Waals surface area contributed by atoms with Crippen LogP contribution in [0.4, 0.5) is 0 Å². The number of benzene rings is 2. The van der Waals surface area contributed by atoms with E-state index in [1.807, 2.05) is 0 Å². The molecule has 4 nitrogen and oxygen atoms in total. The van der Waals surface area contributed by atoms with Gasteiger partial charge in [-0.15, -0.1) is 0 Å². The number of rotatable bonds is 0. The minimum absolute atomic E-state index is 0. The van der Waals surface area contributed by atoms with Crippen LogP contribution in [0.25, 0.3) is 10.8 Å². The molecule has 0 aliphatic heterocycles. The SMILES string of the molecule is O=S(=O)(O)O.[NaH].c1ccc2ccccc2c1. The summed E-state index contributed by atoms with van der Waals surface area (Å²) in [6.45, 7) is 0. The Morgan fingerprint density at radius 1 is 0.750 bits per heavy atom. The van der Waals surface area contributed by atoms with Gasteiger partial charge in [-0.3, -0.25) is 9.11 Å². The summed E-state index contributed by atoms with van der Waals surface area (Å²) in [5.41, 5.74) is 0. The van der Waals surface area contributed by atoms with Crippen LogP contribution in [0.15, 0.2) is 48.5 Å². The second-order valence-corrected chi connectivity index (χ2v) is 3.69. The summed E-state index contributed by atoms with van der Waals surface area (Å²) >= 11 is 0. The van der Waals surface area contributed by atoms with Gasteiger partial charge in [-0.25, -0.2) is 0 Å². The standard InChI is InChI=1S/C10H8.Na.H2O4S.H/c1-2-6-10-8-4-3-7-9(10)5-1;;1-5(2,3)4;/h1-8H;;(H2,1,2,3,4);. The molecule has 0 saturated carbocycles. The van der Waals surface area contributed by atoms with E-state index >= 15 is 0 Å². The van der Waals surface area contributed by atoms with E-state index in [1.165, 1.54) is 10.8 Å². The molecule has 0 radical (unpaired) electrons. The molecule has 0 saturated heterocycles. The maximum atomic E-state index is 8.74. The predicted molar refractivity (Wildman–Crippen MR) is 65.3 cm³/mol. The first-order chi connectivity index (χ1) is 6.97. The number of fused-ring (bicyclic) bond motifs is 1. The summed E-state index contributed by atoms with van der Waals surface area (Å²) in [6, 6.07) is 16.7. The molecule has 6 heteroatoms. The van der Waals surface area contributed by atoms with Gasteiger partial charge in [0.25, 0.3) is 0 Å².